The molecular weight excluding hydrogens is 240 g/mol. The van der Waals surface area contributed by atoms with Crippen LogP contribution in [0.2, 0.25) is 0 Å². The molecule has 18 heavy (non-hydrogen) atoms. The molecule has 1 heterocycles. The Morgan fingerprint density at radius 3 is 2.94 bits per heavy atom. The van der Waals surface area contributed by atoms with E-state index in [0.29, 0.717) is 6.04 Å². The van der Waals surface area contributed by atoms with Crippen molar-refractivity contribution in [2.45, 2.75) is 36.7 Å². The van der Waals surface area contributed by atoms with E-state index in [2.05, 4.69) is 41.4 Å². The highest BCUT2D eigenvalue weighted by molar-refractivity contribution is 7.99. The summed E-state index contributed by atoms with van der Waals surface area (Å²) in [6.07, 6.45) is 2.83. The zero-order valence-corrected chi connectivity index (χ0v) is 11.9. The quantitative estimate of drug-likeness (QED) is 0.848. The van der Waals surface area contributed by atoms with E-state index in [9.17, 15) is 0 Å². The van der Waals surface area contributed by atoms with Gasteiger partial charge in [0.05, 0.1) is 0 Å². The number of nitrogens with one attached hydrogen (secondary N) is 1. The third kappa shape index (κ3) is 2.73. The summed E-state index contributed by atoms with van der Waals surface area (Å²) in [6, 6.07) is 10.3. The number of likely N-dealkylation sites (N-methyl/N-ethyl adjacent to an activating group) is 1. The third-order valence-electron chi connectivity index (χ3n) is 3.96. The first kappa shape index (κ1) is 12.5. The molecule has 1 atom stereocenters. The molecule has 2 aliphatic rings. The Bertz CT molecular complexity index is 403. The standard InChI is InChI=1S/C15H22N2S/c1-2-17(12-7-8-12)10-9-16-14-11-18-15-6-4-3-5-13(14)15/h3-6,12,14,16H,2,7-11H2,1H3. The van der Waals surface area contributed by atoms with Crippen molar-refractivity contribution in [1.82, 2.24) is 10.2 Å². The number of thioether (sulfide) groups is 1. The van der Waals surface area contributed by atoms with Crippen LogP contribution in [0, 0.1) is 0 Å². The Hall–Kier alpha value is -0.510. The molecule has 0 spiro atoms. The predicted octanol–water partition coefficient (Wildman–Crippen LogP) is 2.91. The van der Waals surface area contributed by atoms with Crippen LogP contribution in [-0.4, -0.2) is 36.3 Å². The lowest BCUT2D eigenvalue weighted by Crippen LogP contribution is -2.35. The van der Waals surface area contributed by atoms with Crippen molar-refractivity contribution in [3.8, 4) is 0 Å². The topological polar surface area (TPSA) is 15.3 Å². The average molecular weight is 262 g/mol. The smallest absolute Gasteiger partial charge is 0.0426 e. The van der Waals surface area contributed by atoms with E-state index in [0.717, 1.165) is 12.6 Å². The van der Waals surface area contributed by atoms with Gasteiger partial charge in [-0.3, -0.25) is 4.90 Å². The summed E-state index contributed by atoms with van der Waals surface area (Å²) in [5.74, 6) is 1.19. The highest BCUT2D eigenvalue weighted by atomic mass is 32.2. The zero-order valence-electron chi connectivity index (χ0n) is 11.1. The van der Waals surface area contributed by atoms with Crippen LogP contribution in [0.4, 0.5) is 0 Å². The van der Waals surface area contributed by atoms with Crippen LogP contribution in [-0.2, 0) is 0 Å². The molecule has 1 aromatic rings. The molecule has 1 unspecified atom stereocenters. The first-order valence-corrected chi connectivity index (χ1v) is 8.06. The highest BCUT2D eigenvalue weighted by Crippen LogP contribution is 2.37. The Labute approximate surface area is 114 Å². The fourth-order valence-electron chi connectivity index (χ4n) is 2.75. The van der Waals surface area contributed by atoms with Crippen LogP contribution >= 0.6 is 11.8 Å². The summed E-state index contributed by atoms with van der Waals surface area (Å²) in [6.45, 7) is 5.79. The summed E-state index contributed by atoms with van der Waals surface area (Å²) < 4.78 is 0. The Balaban J connectivity index is 1.49. The molecule has 2 nitrogen and oxygen atoms in total. The number of fused-ring (bicyclic) bond motifs is 1. The third-order valence-corrected chi connectivity index (χ3v) is 5.14. The largest absolute Gasteiger partial charge is 0.308 e. The van der Waals surface area contributed by atoms with Crippen molar-refractivity contribution in [3.05, 3.63) is 29.8 Å². The van der Waals surface area contributed by atoms with E-state index >= 15 is 0 Å². The van der Waals surface area contributed by atoms with Gasteiger partial charge >= 0.3 is 0 Å². The van der Waals surface area contributed by atoms with Crippen LogP contribution in [0.3, 0.4) is 0 Å². The van der Waals surface area contributed by atoms with E-state index in [1.54, 1.807) is 0 Å². The molecule has 1 aromatic carbocycles. The lowest BCUT2D eigenvalue weighted by Gasteiger charge is -2.21. The average Bonchev–Trinajstić information content (AvgIpc) is 3.16. The van der Waals surface area contributed by atoms with Gasteiger partial charge in [0.1, 0.15) is 0 Å². The van der Waals surface area contributed by atoms with Crippen molar-refractivity contribution in [2.24, 2.45) is 0 Å². The molecule has 3 rings (SSSR count). The van der Waals surface area contributed by atoms with Gasteiger partial charge in [-0.2, -0.15) is 0 Å². The van der Waals surface area contributed by atoms with E-state index in [1.807, 2.05) is 11.8 Å². The minimum Gasteiger partial charge on any atom is -0.308 e. The number of hydrogen-bond donors (Lipinski definition) is 1. The molecule has 0 aromatic heterocycles. The van der Waals surface area contributed by atoms with Gasteiger partial charge in [0.2, 0.25) is 0 Å². The minimum atomic E-state index is 0.559. The van der Waals surface area contributed by atoms with E-state index in [-0.39, 0.29) is 0 Å². The van der Waals surface area contributed by atoms with Gasteiger partial charge in [0, 0.05) is 35.8 Å². The van der Waals surface area contributed by atoms with Crippen LogP contribution in [0.25, 0.3) is 0 Å². The molecule has 0 radical (unpaired) electrons. The van der Waals surface area contributed by atoms with Gasteiger partial charge < -0.3 is 5.32 Å². The summed E-state index contributed by atoms with van der Waals surface area (Å²) >= 11 is 1.98. The van der Waals surface area contributed by atoms with Crippen molar-refractivity contribution in [2.75, 3.05) is 25.4 Å². The van der Waals surface area contributed by atoms with Crippen molar-refractivity contribution in [1.29, 1.82) is 0 Å². The number of rotatable bonds is 6. The second kappa shape index (κ2) is 5.64. The molecule has 0 amide bonds. The summed E-state index contributed by atoms with van der Waals surface area (Å²) in [4.78, 5) is 4.07. The van der Waals surface area contributed by atoms with Gasteiger partial charge in [0.25, 0.3) is 0 Å². The van der Waals surface area contributed by atoms with Gasteiger partial charge in [-0.15, -0.1) is 11.8 Å². The number of nitrogens with zero attached hydrogens (tertiary/aromatic N) is 1. The van der Waals surface area contributed by atoms with Crippen molar-refractivity contribution < 1.29 is 0 Å². The SMILES string of the molecule is CCN(CCNC1CSc2ccccc21)C1CC1. The monoisotopic (exact) mass is 262 g/mol. The summed E-state index contributed by atoms with van der Waals surface area (Å²) in [5.41, 5.74) is 1.50. The fourth-order valence-corrected chi connectivity index (χ4v) is 3.95. The molecule has 0 bridgehead atoms. The fraction of sp³-hybridized carbons (Fsp3) is 0.600. The maximum atomic E-state index is 3.72. The second-order valence-corrected chi connectivity index (χ2v) is 6.28. The molecule has 1 aliphatic heterocycles. The van der Waals surface area contributed by atoms with Crippen LogP contribution < -0.4 is 5.32 Å². The van der Waals surface area contributed by atoms with Crippen LogP contribution in [0.5, 0.6) is 0 Å². The predicted molar refractivity (Wildman–Crippen MR) is 78.2 cm³/mol. The van der Waals surface area contributed by atoms with Gasteiger partial charge in [-0.1, -0.05) is 25.1 Å². The molecule has 1 N–H and O–H groups in total. The van der Waals surface area contributed by atoms with Gasteiger partial charge in [-0.05, 0) is 31.0 Å². The first-order chi connectivity index (χ1) is 8.88. The summed E-state index contributed by atoms with van der Waals surface area (Å²) in [7, 11) is 0. The molecule has 1 saturated carbocycles. The number of hydrogen-bond acceptors (Lipinski definition) is 3. The van der Waals surface area contributed by atoms with E-state index in [4.69, 9.17) is 0 Å². The van der Waals surface area contributed by atoms with Crippen molar-refractivity contribution >= 4 is 11.8 Å². The molecule has 3 heteroatoms. The van der Waals surface area contributed by atoms with E-state index < -0.39 is 0 Å². The molecule has 0 saturated heterocycles. The Kier molecular flexibility index (Phi) is 3.92. The van der Waals surface area contributed by atoms with Gasteiger partial charge in [0.15, 0.2) is 0 Å². The molecule has 1 aliphatic carbocycles. The normalized spacial score (nSPS) is 22.4. The zero-order chi connectivity index (χ0) is 12.4. The Morgan fingerprint density at radius 1 is 1.33 bits per heavy atom. The van der Waals surface area contributed by atoms with E-state index in [1.165, 1.54) is 42.1 Å². The lowest BCUT2D eigenvalue weighted by atomic mass is 10.1. The van der Waals surface area contributed by atoms with Crippen LogP contribution in [0.15, 0.2) is 29.2 Å². The minimum absolute atomic E-state index is 0.559. The first-order valence-electron chi connectivity index (χ1n) is 7.07. The van der Waals surface area contributed by atoms with Crippen LogP contribution in [0.1, 0.15) is 31.4 Å². The molecular formula is C15H22N2S. The Morgan fingerprint density at radius 2 is 2.17 bits per heavy atom. The highest BCUT2D eigenvalue weighted by Gasteiger charge is 2.28. The number of benzene rings is 1. The van der Waals surface area contributed by atoms with Gasteiger partial charge in [-0.25, -0.2) is 0 Å². The molecule has 1 fully saturated rings. The molecule has 98 valence electrons. The lowest BCUT2D eigenvalue weighted by molar-refractivity contribution is 0.274. The second-order valence-electron chi connectivity index (χ2n) is 5.22. The maximum absolute atomic E-state index is 3.72. The van der Waals surface area contributed by atoms with Crippen molar-refractivity contribution in [3.63, 3.8) is 0 Å². The summed E-state index contributed by atoms with van der Waals surface area (Å²) in [5, 5.41) is 3.72. The maximum Gasteiger partial charge on any atom is 0.0426 e.